The first kappa shape index (κ1) is 11.9. The molecule has 0 aliphatic heterocycles. The van der Waals surface area contributed by atoms with Crippen LogP contribution in [0.2, 0.25) is 0 Å². The van der Waals surface area contributed by atoms with Crippen LogP contribution in [0.4, 0.5) is 5.82 Å². The summed E-state index contributed by atoms with van der Waals surface area (Å²) in [5.74, 6) is 0.716. The summed E-state index contributed by atoms with van der Waals surface area (Å²) in [6.45, 7) is 1.93. The van der Waals surface area contributed by atoms with Crippen molar-refractivity contribution < 1.29 is 0 Å². The van der Waals surface area contributed by atoms with Gasteiger partial charge in [0.15, 0.2) is 0 Å². The van der Waals surface area contributed by atoms with Gasteiger partial charge in [0.25, 0.3) is 0 Å². The number of nitriles is 1. The number of anilines is 1. The van der Waals surface area contributed by atoms with E-state index >= 15 is 0 Å². The number of rotatable bonds is 2. The Hall–Kier alpha value is -1.60. The quantitative estimate of drug-likeness (QED) is 0.814. The topological polar surface area (TPSA) is 74.7 Å². The van der Waals surface area contributed by atoms with E-state index in [0.717, 1.165) is 31.2 Å². The summed E-state index contributed by atoms with van der Waals surface area (Å²) < 4.78 is 0. The largest absolute Gasteiger partial charge is 0.366 e. The van der Waals surface area contributed by atoms with Crippen molar-refractivity contribution in [2.75, 3.05) is 5.32 Å². The highest BCUT2D eigenvalue weighted by Crippen LogP contribution is 2.23. The van der Waals surface area contributed by atoms with Crippen molar-refractivity contribution in [3.05, 3.63) is 23.4 Å². The lowest BCUT2D eigenvalue weighted by atomic mass is 9.91. The predicted molar refractivity (Wildman–Crippen MR) is 67.5 cm³/mol. The standard InChI is InChI=1S/C13H18N4/c1-9-6-7-16-13(12(9)8-14)17-11-4-2-10(15)3-5-11/h6-7,10-11H,2-5,15H2,1H3,(H,16,17). The summed E-state index contributed by atoms with van der Waals surface area (Å²) in [6.07, 6.45) is 5.95. The first-order chi connectivity index (χ1) is 8.20. The Bertz CT molecular complexity index is 428. The van der Waals surface area contributed by atoms with Crippen molar-refractivity contribution >= 4 is 5.82 Å². The highest BCUT2D eigenvalue weighted by atomic mass is 15.0. The zero-order valence-electron chi connectivity index (χ0n) is 10.1. The maximum absolute atomic E-state index is 9.12. The molecule has 1 aliphatic carbocycles. The minimum absolute atomic E-state index is 0.342. The third kappa shape index (κ3) is 2.75. The van der Waals surface area contributed by atoms with Crippen LogP contribution in [0.1, 0.15) is 36.8 Å². The lowest BCUT2D eigenvalue weighted by Crippen LogP contribution is -2.33. The zero-order valence-corrected chi connectivity index (χ0v) is 10.1. The number of pyridine rings is 1. The van der Waals surface area contributed by atoms with Crippen molar-refractivity contribution in [2.45, 2.75) is 44.7 Å². The Morgan fingerprint density at radius 1 is 1.41 bits per heavy atom. The Kier molecular flexibility index (Phi) is 3.60. The molecule has 0 bridgehead atoms. The molecule has 0 spiro atoms. The number of nitrogens with two attached hydrogens (primary N) is 1. The molecule has 0 atom stereocenters. The molecule has 3 N–H and O–H groups in total. The van der Waals surface area contributed by atoms with E-state index < -0.39 is 0 Å². The van der Waals surface area contributed by atoms with Crippen molar-refractivity contribution in [1.29, 1.82) is 5.26 Å². The summed E-state index contributed by atoms with van der Waals surface area (Å²) >= 11 is 0. The van der Waals surface area contributed by atoms with Gasteiger partial charge in [0.05, 0.1) is 5.56 Å². The zero-order chi connectivity index (χ0) is 12.3. The van der Waals surface area contributed by atoms with Crippen LogP contribution in [0.5, 0.6) is 0 Å². The van der Waals surface area contributed by atoms with E-state index in [1.54, 1.807) is 6.20 Å². The second kappa shape index (κ2) is 5.15. The minimum Gasteiger partial charge on any atom is -0.366 e. The molecule has 0 amide bonds. The van der Waals surface area contributed by atoms with E-state index in [4.69, 9.17) is 11.0 Å². The molecule has 1 saturated carbocycles. The fourth-order valence-electron chi connectivity index (χ4n) is 2.27. The van der Waals surface area contributed by atoms with Gasteiger partial charge in [-0.05, 0) is 44.2 Å². The molecule has 2 rings (SSSR count). The van der Waals surface area contributed by atoms with Crippen molar-refractivity contribution in [3.8, 4) is 6.07 Å². The highest BCUT2D eigenvalue weighted by Gasteiger charge is 2.19. The first-order valence-electron chi connectivity index (χ1n) is 6.08. The van der Waals surface area contributed by atoms with Crippen molar-refractivity contribution in [3.63, 3.8) is 0 Å². The minimum atomic E-state index is 0.342. The molecule has 90 valence electrons. The predicted octanol–water partition coefficient (Wildman–Crippen LogP) is 1.94. The maximum atomic E-state index is 9.12. The molecular formula is C13H18N4. The molecule has 4 heteroatoms. The van der Waals surface area contributed by atoms with E-state index in [1.165, 1.54) is 0 Å². The molecule has 0 unspecified atom stereocenters. The Balaban J connectivity index is 2.09. The number of nitrogens with zero attached hydrogens (tertiary/aromatic N) is 2. The van der Waals surface area contributed by atoms with E-state index in [-0.39, 0.29) is 0 Å². The van der Waals surface area contributed by atoms with Gasteiger partial charge in [0, 0.05) is 18.3 Å². The van der Waals surface area contributed by atoms with Gasteiger partial charge in [-0.2, -0.15) is 5.26 Å². The lowest BCUT2D eigenvalue weighted by Gasteiger charge is -2.27. The fourth-order valence-corrected chi connectivity index (χ4v) is 2.27. The fraction of sp³-hybridized carbons (Fsp3) is 0.538. The van der Waals surface area contributed by atoms with E-state index in [1.807, 2.05) is 13.0 Å². The smallest absolute Gasteiger partial charge is 0.144 e. The van der Waals surface area contributed by atoms with Gasteiger partial charge in [-0.3, -0.25) is 0 Å². The van der Waals surface area contributed by atoms with Crippen LogP contribution in [0.25, 0.3) is 0 Å². The molecule has 1 heterocycles. The van der Waals surface area contributed by atoms with Crippen LogP contribution in [-0.2, 0) is 0 Å². The maximum Gasteiger partial charge on any atom is 0.144 e. The lowest BCUT2D eigenvalue weighted by molar-refractivity contribution is 0.410. The SMILES string of the molecule is Cc1ccnc(NC2CCC(N)CC2)c1C#N. The second-order valence-corrected chi connectivity index (χ2v) is 4.72. The van der Waals surface area contributed by atoms with Crippen molar-refractivity contribution in [2.24, 2.45) is 5.73 Å². The monoisotopic (exact) mass is 230 g/mol. The van der Waals surface area contributed by atoms with Crippen LogP contribution in [0.15, 0.2) is 12.3 Å². The molecule has 1 aromatic rings. The Morgan fingerprint density at radius 3 is 2.76 bits per heavy atom. The summed E-state index contributed by atoms with van der Waals surface area (Å²) in [5, 5.41) is 12.5. The van der Waals surface area contributed by atoms with Gasteiger partial charge in [0.1, 0.15) is 11.9 Å². The molecular weight excluding hydrogens is 212 g/mol. The first-order valence-corrected chi connectivity index (χ1v) is 6.08. The molecule has 1 aliphatic rings. The van der Waals surface area contributed by atoms with Gasteiger partial charge < -0.3 is 11.1 Å². The molecule has 0 radical (unpaired) electrons. The summed E-state index contributed by atoms with van der Waals surface area (Å²) in [7, 11) is 0. The van der Waals surface area contributed by atoms with E-state index in [2.05, 4.69) is 16.4 Å². The molecule has 17 heavy (non-hydrogen) atoms. The van der Waals surface area contributed by atoms with E-state index in [9.17, 15) is 0 Å². The summed E-state index contributed by atoms with van der Waals surface area (Å²) in [5.41, 5.74) is 7.50. The van der Waals surface area contributed by atoms with Crippen LogP contribution in [0.3, 0.4) is 0 Å². The Labute approximate surface area is 102 Å². The normalized spacial score (nSPS) is 24.1. The Morgan fingerprint density at radius 2 is 2.12 bits per heavy atom. The number of aryl methyl sites for hydroxylation is 1. The molecule has 0 saturated heterocycles. The van der Waals surface area contributed by atoms with Crippen LogP contribution in [0, 0.1) is 18.3 Å². The average molecular weight is 230 g/mol. The molecule has 1 fully saturated rings. The van der Waals surface area contributed by atoms with Gasteiger partial charge >= 0.3 is 0 Å². The van der Waals surface area contributed by atoms with Crippen molar-refractivity contribution in [1.82, 2.24) is 4.98 Å². The number of nitrogens with one attached hydrogen (secondary N) is 1. The molecule has 0 aromatic carbocycles. The molecule has 4 nitrogen and oxygen atoms in total. The number of aromatic nitrogens is 1. The summed E-state index contributed by atoms with van der Waals surface area (Å²) in [4.78, 5) is 4.26. The van der Waals surface area contributed by atoms with Crippen LogP contribution < -0.4 is 11.1 Å². The second-order valence-electron chi connectivity index (χ2n) is 4.72. The van der Waals surface area contributed by atoms with E-state index in [0.29, 0.717) is 23.5 Å². The average Bonchev–Trinajstić information content (AvgIpc) is 2.32. The third-order valence-corrected chi connectivity index (χ3v) is 3.38. The summed E-state index contributed by atoms with van der Waals surface area (Å²) in [6, 6.07) is 4.82. The third-order valence-electron chi connectivity index (χ3n) is 3.38. The number of hydrogen-bond donors (Lipinski definition) is 2. The van der Waals surface area contributed by atoms with Crippen LogP contribution >= 0.6 is 0 Å². The van der Waals surface area contributed by atoms with Gasteiger partial charge in [-0.15, -0.1) is 0 Å². The van der Waals surface area contributed by atoms with Crippen LogP contribution in [-0.4, -0.2) is 17.1 Å². The van der Waals surface area contributed by atoms with Gasteiger partial charge in [-0.25, -0.2) is 4.98 Å². The highest BCUT2D eigenvalue weighted by molar-refractivity contribution is 5.55. The van der Waals surface area contributed by atoms with Gasteiger partial charge in [0.2, 0.25) is 0 Å². The van der Waals surface area contributed by atoms with Gasteiger partial charge in [-0.1, -0.05) is 0 Å². The molecule has 1 aromatic heterocycles. The number of hydrogen-bond acceptors (Lipinski definition) is 4.